The number of aliphatic hydroxyl groups is 3. The molecule has 13 heavy (non-hydrogen) atoms. The van der Waals surface area contributed by atoms with Gasteiger partial charge in [-0.1, -0.05) is 6.92 Å². The summed E-state index contributed by atoms with van der Waals surface area (Å²) in [6.07, 6.45) is 0.964. The lowest BCUT2D eigenvalue weighted by molar-refractivity contribution is -0.0992. The van der Waals surface area contributed by atoms with E-state index in [1.807, 2.05) is 0 Å². The van der Waals surface area contributed by atoms with Crippen molar-refractivity contribution in [3.05, 3.63) is 0 Å². The molecular formula is C9H19NO3. The van der Waals surface area contributed by atoms with Gasteiger partial charge in [0.05, 0.1) is 0 Å². The molecule has 0 aliphatic heterocycles. The summed E-state index contributed by atoms with van der Waals surface area (Å²) in [6.45, 7) is 1.89. The third-order valence-electron chi connectivity index (χ3n) is 3.30. The zero-order valence-electron chi connectivity index (χ0n) is 7.98. The van der Waals surface area contributed by atoms with E-state index in [2.05, 4.69) is 0 Å². The molecule has 1 aliphatic rings. The Morgan fingerprint density at radius 1 is 1.54 bits per heavy atom. The topological polar surface area (TPSA) is 86.7 Å². The van der Waals surface area contributed by atoms with Crippen LogP contribution in [0, 0.1) is 11.8 Å². The first-order valence-corrected chi connectivity index (χ1v) is 4.75. The number of rotatable bonds is 3. The Balaban J connectivity index is 2.58. The van der Waals surface area contributed by atoms with Crippen molar-refractivity contribution in [1.29, 1.82) is 0 Å². The number of aliphatic hydroxyl groups excluding tert-OH is 2. The van der Waals surface area contributed by atoms with E-state index in [0.29, 0.717) is 6.42 Å². The maximum Gasteiger partial charge on any atom is 0.155 e. The van der Waals surface area contributed by atoms with Crippen molar-refractivity contribution < 1.29 is 15.3 Å². The Bertz CT molecular complexity index is 174. The molecule has 1 rings (SSSR count). The molecule has 4 nitrogen and oxygen atoms in total. The minimum atomic E-state index is -1.36. The number of nitrogens with two attached hydrogens (primary N) is 1. The molecule has 0 radical (unpaired) electrons. The SMILES string of the molecule is CC(C(O)O)C1(N)CCC(CO)C1. The first kappa shape index (κ1) is 10.9. The third kappa shape index (κ3) is 2.20. The average molecular weight is 189 g/mol. The summed E-state index contributed by atoms with van der Waals surface area (Å²) in [5.41, 5.74) is 5.53. The first-order valence-electron chi connectivity index (χ1n) is 4.75. The highest BCUT2D eigenvalue weighted by Crippen LogP contribution is 2.38. The van der Waals surface area contributed by atoms with Crippen LogP contribution in [0.15, 0.2) is 0 Å². The van der Waals surface area contributed by atoms with Gasteiger partial charge in [-0.15, -0.1) is 0 Å². The molecule has 1 saturated carbocycles. The van der Waals surface area contributed by atoms with Gasteiger partial charge in [-0.3, -0.25) is 0 Å². The van der Waals surface area contributed by atoms with Crippen LogP contribution < -0.4 is 5.73 Å². The van der Waals surface area contributed by atoms with Crippen molar-refractivity contribution in [2.45, 2.75) is 38.0 Å². The normalized spacial score (nSPS) is 36.9. The third-order valence-corrected chi connectivity index (χ3v) is 3.30. The molecule has 1 aliphatic carbocycles. The van der Waals surface area contributed by atoms with Crippen molar-refractivity contribution in [3.63, 3.8) is 0 Å². The summed E-state index contributed by atoms with van der Waals surface area (Å²) >= 11 is 0. The van der Waals surface area contributed by atoms with Crippen LogP contribution in [0.1, 0.15) is 26.2 Å². The summed E-state index contributed by atoms with van der Waals surface area (Å²) in [5, 5.41) is 27.0. The summed E-state index contributed by atoms with van der Waals surface area (Å²) in [6, 6.07) is 0. The molecule has 78 valence electrons. The fourth-order valence-electron chi connectivity index (χ4n) is 2.08. The second kappa shape index (κ2) is 3.92. The molecule has 1 fully saturated rings. The summed E-state index contributed by atoms with van der Waals surface area (Å²) < 4.78 is 0. The van der Waals surface area contributed by atoms with Crippen molar-refractivity contribution >= 4 is 0 Å². The van der Waals surface area contributed by atoms with Crippen molar-refractivity contribution in [2.75, 3.05) is 6.61 Å². The van der Waals surface area contributed by atoms with E-state index >= 15 is 0 Å². The standard InChI is InChI=1S/C9H19NO3/c1-6(8(12)13)9(10)3-2-7(4-9)5-11/h6-8,11-13H,2-5,10H2,1H3. The van der Waals surface area contributed by atoms with Gasteiger partial charge in [0.15, 0.2) is 6.29 Å². The molecule has 0 bridgehead atoms. The van der Waals surface area contributed by atoms with E-state index in [4.69, 9.17) is 21.1 Å². The van der Waals surface area contributed by atoms with Gasteiger partial charge in [0.2, 0.25) is 0 Å². The van der Waals surface area contributed by atoms with Crippen LogP contribution in [0.3, 0.4) is 0 Å². The van der Waals surface area contributed by atoms with E-state index in [0.717, 1.165) is 12.8 Å². The van der Waals surface area contributed by atoms with Crippen LogP contribution in [0.5, 0.6) is 0 Å². The molecule has 0 aromatic rings. The Hall–Kier alpha value is -0.160. The molecule has 4 heteroatoms. The molecule has 0 saturated heterocycles. The maximum atomic E-state index is 9.02. The largest absolute Gasteiger partial charge is 0.396 e. The zero-order valence-corrected chi connectivity index (χ0v) is 7.98. The molecular weight excluding hydrogens is 170 g/mol. The van der Waals surface area contributed by atoms with E-state index < -0.39 is 11.8 Å². The fourth-order valence-corrected chi connectivity index (χ4v) is 2.08. The number of hydrogen-bond acceptors (Lipinski definition) is 4. The Morgan fingerprint density at radius 3 is 2.54 bits per heavy atom. The molecule has 3 atom stereocenters. The van der Waals surface area contributed by atoms with Crippen molar-refractivity contribution in [1.82, 2.24) is 0 Å². The van der Waals surface area contributed by atoms with Gasteiger partial charge in [0, 0.05) is 18.1 Å². The van der Waals surface area contributed by atoms with Gasteiger partial charge in [0.1, 0.15) is 0 Å². The molecule has 0 aromatic carbocycles. The predicted molar refractivity (Wildman–Crippen MR) is 48.7 cm³/mol. The van der Waals surface area contributed by atoms with Crippen LogP contribution in [0.2, 0.25) is 0 Å². The Kier molecular flexibility index (Phi) is 3.29. The van der Waals surface area contributed by atoms with Crippen LogP contribution in [0.25, 0.3) is 0 Å². The van der Waals surface area contributed by atoms with Gasteiger partial charge >= 0.3 is 0 Å². The van der Waals surface area contributed by atoms with Crippen LogP contribution in [-0.4, -0.2) is 33.8 Å². The predicted octanol–water partition coefficient (Wildman–Crippen LogP) is -0.577. The maximum absolute atomic E-state index is 9.02. The monoisotopic (exact) mass is 189 g/mol. The fraction of sp³-hybridized carbons (Fsp3) is 1.00. The van der Waals surface area contributed by atoms with E-state index in [1.165, 1.54) is 0 Å². The molecule has 0 spiro atoms. The smallest absolute Gasteiger partial charge is 0.155 e. The minimum Gasteiger partial charge on any atom is -0.396 e. The summed E-state index contributed by atoms with van der Waals surface area (Å²) in [5.74, 6) is -0.102. The second-order valence-electron chi connectivity index (χ2n) is 4.23. The lowest BCUT2D eigenvalue weighted by Crippen LogP contribution is -2.48. The molecule has 5 N–H and O–H groups in total. The highest BCUT2D eigenvalue weighted by molar-refractivity contribution is 4.97. The molecule has 0 aromatic heterocycles. The van der Waals surface area contributed by atoms with Crippen molar-refractivity contribution in [2.24, 2.45) is 17.6 Å². The van der Waals surface area contributed by atoms with Gasteiger partial charge in [-0.25, -0.2) is 0 Å². The lowest BCUT2D eigenvalue weighted by Gasteiger charge is -2.32. The highest BCUT2D eigenvalue weighted by atomic mass is 16.5. The zero-order chi connectivity index (χ0) is 10.1. The summed E-state index contributed by atoms with van der Waals surface area (Å²) in [7, 11) is 0. The van der Waals surface area contributed by atoms with Crippen LogP contribution in [-0.2, 0) is 0 Å². The van der Waals surface area contributed by atoms with E-state index in [1.54, 1.807) is 6.92 Å². The molecule has 0 amide bonds. The summed E-state index contributed by atoms with van der Waals surface area (Å²) in [4.78, 5) is 0. The Labute approximate surface area is 78.4 Å². The highest BCUT2D eigenvalue weighted by Gasteiger charge is 2.41. The number of hydrogen-bond donors (Lipinski definition) is 4. The van der Waals surface area contributed by atoms with Crippen LogP contribution in [0.4, 0.5) is 0 Å². The lowest BCUT2D eigenvalue weighted by atomic mass is 9.83. The van der Waals surface area contributed by atoms with Gasteiger partial charge in [0.25, 0.3) is 0 Å². The molecule has 3 unspecified atom stereocenters. The minimum absolute atomic E-state index is 0.146. The van der Waals surface area contributed by atoms with E-state index in [-0.39, 0.29) is 18.4 Å². The molecule has 0 heterocycles. The quantitative estimate of drug-likeness (QED) is 0.447. The van der Waals surface area contributed by atoms with E-state index in [9.17, 15) is 0 Å². The Morgan fingerprint density at radius 2 is 2.15 bits per heavy atom. The van der Waals surface area contributed by atoms with Crippen LogP contribution >= 0.6 is 0 Å². The average Bonchev–Trinajstić information content (AvgIpc) is 2.47. The first-order chi connectivity index (χ1) is 5.99. The second-order valence-corrected chi connectivity index (χ2v) is 4.23. The van der Waals surface area contributed by atoms with Crippen molar-refractivity contribution in [3.8, 4) is 0 Å². The van der Waals surface area contributed by atoms with Gasteiger partial charge in [-0.2, -0.15) is 0 Å². The van der Waals surface area contributed by atoms with Gasteiger partial charge in [-0.05, 0) is 25.2 Å². The van der Waals surface area contributed by atoms with Gasteiger partial charge < -0.3 is 21.1 Å².